The van der Waals surface area contributed by atoms with E-state index in [2.05, 4.69) is 15.3 Å². The van der Waals surface area contributed by atoms with Gasteiger partial charge in [0.15, 0.2) is 9.84 Å². The molecule has 0 radical (unpaired) electrons. The Hall–Kier alpha value is -2.55. The van der Waals surface area contributed by atoms with E-state index in [-0.39, 0.29) is 17.5 Å². The SMILES string of the molecule is COc1ccc(OC)c(Nc2nccc(N(C)C3CCS(=O)(=O)C3)n2)c1. The standard InChI is InChI=1S/C17H22N4O4S/c1-21(12-7-9-26(22,23)11-12)16-6-8-18-17(20-16)19-14-10-13(24-2)4-5-15(14)25-3/h4-6,8,10,12H,7,9,11H2,1-3H3,(H,18,19,20). The van der Waals surface area contributed by atoms with Crippen molar-refractivity contribution in [1.82, 2.24) is 9.97 Å². The Labute approximate surface area is 153 Å². The van der Waals surface area contributed by atoms with Crippen LogP contribution in [0.5, 0.6) is 11.5 Å². The van der Waals surface area contributed by atoms with Gasteiger partial charge in [0.25, 0.3) is 0 Å². The maximum Gasteiger partial charge on any atom is 0.229 e. The lowest BCUT2D eigenvalue weighted by Gasteiger charge is -2.24. The summed E-state index contributed by atoms with van der Waals surface area (Å²) in [5, 5.41) is 3.13. The van der Waals surface area contributed by atoms with Gasteiger partial charge in [-0.3, -0.25) is 0 Å². The molecule has 8 nitrogen and oxygen atoms in total. The molecule has 0 bridgehead atoms. The summed E-state index contributed by atoms with van der Waals surface area (Å²) in [7, 11) is 2.07. The molecule has 140 valence electrons. The number of hydrogen-bond donors (Lipinski definition) is 1. The van der Waals surface area contributed by atoms with Crippen molar-refractivity contribution in [3.63, 3.8) is 0 Å². The zero-order valence-electron chi connectivity index (χ0n) is 15.0. The number of nitrogens with one attached hydrogen (secondary N) is 1. The average Bonchev–Trinajstić information content (AvgIpc) is 3.01. The van der Waals surface area contributed by atoms with E-state index in [1.165, 1.54) is 0 Å². The van der Waals surface area contributed by atoms with Crippen LogP contribution in [-0.2, 0) is 9.84 Å². The van der Waals surface area contributed by atoms with Crippen LogP contribution < -0.4 is 19.7 Å². The third-order valence-corrected chi connectivity index (χ3v) is 6.16. The summed E-state index contributed by atoms with van der Waals surface area (Å²) in [6.45, 7) is 0. The number of hydrogen-bond acceptors (Lipinski definition) is 8. The van der Waals surface area contributed by atoms with E-state index in [9.17, 15) is 8.42 Å². The number of rotatable bonds is 6. The summed E-state index contributed by atoms with van der Waals surface area (Å²) in [4.78, 5) is 10.6. The number of nitrogens with zero attached hydrogens (tertiary/aromatic N) is 3. The van der Waals surface area contributed by atoms with Crippen molar-refractivity contribution in [2.24, 2.45) is 0 Å². The molecule has 1 aromatic heterocycles. The van der Waals surface area contributed by atoms with Crippen LogP contribution in [0.2, 0.25) is 0 Å². The minimum Gasteiger partial charge on any atom is -0.497 e. The minimum atomic E-state index is -2.95. The lowest BCUT2D eigenvalue weighted by Crippen LogP contribution is -2.33. The van der Waals surface area contributed by atoms with Crippen molar-refractivity contribution < 1.29 is 17.9 Å². The molecule has 0 aliphatic carbocycles. The number of methoxy groups -OCH3 is 2. The highest BCUT2D eigenvalue weighted by Crippen LogP contribution is 2.31. The maximum absolute atomic E-state index is 11.7. The van der Waals surface area contributed by atoms with Gasteiger partial charge >= 0.3 is 0 Å². The first-order valence-electron chi connectivity index (χ1n) is 8.17. The van der Waals surface area contributed by atoms with E-state index in [1.807, 2.05) is 11.9 Å². The topological polar surface area (TPSA) is 93.7 Å². The van der Waals surface area contributed by atoms with Crippen molar-refractivity contribution in [2.75, 3.05) is 43.0 Å². The van der Waals surface area contributed by atoms with Gasteiger partial charge in [0, 0.05) is 25.4 Å². The Kier molecular flexibility index (Phi) is 5.17. The molecule has 1 atom stereocenters. The second kappa shape index (κ2) is 7.36. The van der Waals surface area contributed by atoms with Crippen LogP contribution in [0.1, 0.15) is 6.42 Å². The molecule has 3 rings (SSSR count). The molecule has 1 saturated heterocycles. The summed E-state index contributed by atoms with van der Waals surface area (Å²) in [6, 6.07) is 7.08. The maximum atomic E-state index is 11.7. The number of benzene rings is 1. The number of ether oxygens (including phenoxy) is 2. The largest absolute Gasteiger partial charge is 0.497 e. The van der Waals surface area contributed by atoms with Crippen LogP contribution in [0, 0.1) is 0 Å². The Morgan fingerprint density at radius 1 is 1.23 bits per heavy atom. The third kappa shape index (κ3) is 3.98. The van der Waals surface area contributed by atoms with Crippen molar-refractivity contribution in [3.05, 3.63) is 30.5 Å². The van der Waals surface area contributed by atoms with E-state index in [1.54, 1.807) is 44.7 Å². The molecule has 1 N–H and O–H groups in total. The fraction of sp³-hybridized carbons (Fsp3) is 0.412. The van der Waals surface area contributed by atoms with Gasteiger partial charge in [0.05, 0.1) is 31.4 Å². The Morgan fingerprint density at radius 2 is 2.04 bits per heavy atom. The fourth-order valence-corrected chi connectivity index (χ4v) is 4.68. The van der Waals surface area contributed by atoms with E-state index in [0.29, 0.717) is 35.4 Å². The van der Waals surface area contributed by atoms with E-state index >= 15 is 0 Å². The molecule has 2 aromatic rings. The van der Waals surface area contributed by atoms with Crippen LogP contribution >= 0.6 is 0 Å². The molecule has 1 aromatic carbocycles. The van der Waals surface area contributed by atoms with Gasteiger partial charge in [-0.1, -0.05) is 0 Å². The average molecular weight is 378 g/mol. The monoisotopic (exact) mass is 378 g/mol. The zero-order valence-corrected chi connectivity index (χ0v) is 15.8. The first-order chi connectivity index (χ1) is 12.4. The number of sulfone groups is 1. The lowest BCUT2D eigenvalue weighted by molar-refractivity contribution is 0.405. The number of anilines is 3. The Balaban J connectivity index is 1.82. The van der Waals surface area contributed by atoms with Crippen molar-refractivity contribution in [2.45, 2.75) is 12.5 Å². The summed E-state index contributed by atoms with van der Waals surface area (Å²) in [6.07, 6.45) is 2.24. The summed E-state index contributed by atoms with van der Waals surface area (Å²) >= 11 is 0. The second-order valence-electron chi connectivity index (χ2n) is 6.10. The van der Waals surface area contributed by atoms with Crippen LogP contribution in [0.4, 0.5) is 17.5 Å². The Bertz CT molecular complexity index is 888. The molecule has 1 unspecified atom stereocenters. The molecular formula is C17H22N4O4S. The molecule has 0 amide bonds. The highest BCUT2D eigenvalue weighted by Gasteiger charge is 2.31. The van der Waals surface area contributed by atoms with Gasteiger partial charge in [-0.2, -0.15) is 4.98 Å². The zero-order chi connectivity index (χ0) is 18.7. The van der Waals surface area contributed by atoms with Crippen LogP contribution in [-0.4, -0.2) is 57.2 Å². The normalized spacial score (nSPS) is 18.3. The Morgan fingerprint density at radius 3 is 2.69 bits per heavy atom. The summed E-state index contributed by atoms with van der Waals surface area (Å²) in [5.41, 5.74) is 0.676. The fourth-order valence-electron chi connectivity index (χ4n) is 2.91. The van der Waals surface area contributed by atoms with E-state index in [4.69, 9.17) is 9.47 Å². The highest BCUT2D eigenvalue weighted by molar-refractivity contribution is 7.91. The first-order valence-corrected chi connectivity index (χ1v) is 9.99. The van der Waals surface area contributed by atoms with Crippen molar-refractivity contribution in [3.8, 4) is 11.5 Å². The van der Waals surface area contributed by atoms with Gasteiger partial charge in [-0.15, -0.1) is 0 Å². The molecule has 1 fully saturated rings. The summed E-state index contributed by atoms with van der Waals surface area (Å²) < 4.78 is 34.0. The summed E-state index contributed by atoms with van der Waals surface area (Å²) in [5.74, 6) is 2.74. The predicted molar refractivity (Wildman–Crippen MR) is 100 cm³/mol. The minimum absolute atomic E-state index is 0.0749. The smallest absolute Gasteiger partial charge is 0.229 e. The van der Waals surface area contributed by atoms with Gasteiger partial charge in [-0.25, -0.2) is 13.4 Å². The highest BCUT2D eigenvalue weighted by atomic mass is 32.2. The molecule has 1 aliphatic rings. The van der Waals surface area contributed by atoms with Crippen molar-refractivity contribution >= 4 is 27.3 Å². The first kappa shape index (κ1) is 18.2. The molecule has 0 spiro atoms. The molecule has 9 heteroatoms. The molecule has 1 aliphatic heterocycles. The lowest BCUT2D eigenvalue weighted by atomic mass is 10.2. The van der Waals surface area contributed by atoms with Crippen molar-refractivity contribution in [1.29, 1.82) is 0 Å². The van der Waals surface area contributed by atoms with Gasteiger partial charge < -0.3 is 19.7 Å². The molecule has 2 heterocycles. The third-order valence-electron chi connectivity index (χ3n) is 4.41. The predicted octanol–water partition coefficient (Wildman–Crippen LogP) is 1.86. The van der Waals surface area contributed by atoms with Gasteiger partial charge in [0.1, 0.15) is 17.3 Å². The van der Waals surface area contributed by atoms with Crippen LogP contribution in [0.15, 0.2) is 30.5 Å². The van der Waals surface area contributed by atoms with Crippen LogP contribution in [0.3, 0.4) is 0 Å². The van der Waals surface area contributed by atoms with E-state index in [0.717, 1.165) is 0 Å². The molecule has 0 saturated carbocycles. The van der Waals surface area contributed by atoms with E-state index < -0.39 is 9.84 Å². The second-order valence-corrected chi connectivity index (χ2v) is 8.33. The van der Waals surface area contributed by atoms with Gasteiger partial charge in [-0.05, 0) is 24.6 Å². The molecular weight excluding hydrogens is 356 g/mol. The van der Waals surface area contributed by atoms with Gasteiger partial charge in [0.2, 0.25) is 5.95 Å². The number of aromatic nitrogens is 2. The molecule has 26 heavy (non-hydrogen) atoms. The van der Waals surface area contributed by atoms with Crippen LogP contribution in [0.25, 0.3) is 0 Å². The quantitative estimate of drug-likeness (QED) is 0.814.